The molecular formula is C28H36Cl2SiZr-4. The number of fused-ring (bicyclic) bond motifs is 2. The van der Waals surface area contributed by atoms with Crippen molar-refractivity contribution >= 4 is 28.4 Å². The topological polar surface area (TPSA) is 0 Å². The minimum atomic E-state index is 0. The molecule has 0 amide bonds. The summed E-state index contributed by atoms with van der Waals surface area (Å²) >= 11 is 1.36. The van der Waals surface area contributed by atoms with Crippen LogP contribution in [-0.4, -0.2) is 6.88 Å². The summed E-state index contributed by atoms with van der Waals surface area (Å²) in [7, 11) is 0. The summed E-state index contributed by atoms with van der Waals surface area (Å²) in [6.45, 7) is 16.2. The van der Waals surface area contributed by atoms with Gasteiger partial charge >= 0.3 is 30.2 Å². The first-order valence-electron chi connectivity index (χ1n) is 9.99. The van der Waals surface area contributed by atoms with Crippen molar-refractivity contribution in [1.29, 1.82) is 0 Å². The van der Waals surface area contributed by atoms with Crippen LogP contribution in [0.2, 0.25) is 0 Å². The van der Waals surface area contributed by atoms with Crippen LogP contribution in [-0.2, 0) is 36.2 Å². The van der Waals surface area contributed by atoms with Gasteiger partial charge in [0, 0.05) is 0 Å². The van der Waals surface area contributed by atoms with Crippen LogP contribution in [0.1, 0.15) is 47.2 Å². The van der Waals surface area contributed by atoms with E-state index in [0.29, 0.717) is 0 Å². The van der Waals surface area contributed by atoms with Crippen molar-refractivity contribution in [3.05, 3.63) is 96.8 Å². The second-order valence-electron chi connectivity index (χ2n) is 7.63. The van der Waals surface area contributed by atoms with Crippen molar-refractivity contribution in [3.8, 4) is 0 Å². The zero-order valence-corrected chi connectivity index (χ0v) is 25.8. The van der Waals surface area contributed by atoms with E-state index in [1.54, 1.807) is 0 Å². The van der Waals surface area contributed by atoms with Gasteiger partial charge in [-0.1, -0.05) is 62.1 Å². The van der Waals surface area contributed by atoms with Gasteiger partial charge in [-0.25, -0.2) is 0 Å². The van der Waals surface area contributed by atoms with E-state index in [-0.39, 0.29) is 39.7 Å². The molecule has 174 valence electrons. The van der Waals surface area contributed by atoms with Crippen LogP contribution in [0.15, 0.2) is 48.5 Å². The predicted molar refractivity (Wildman–Crippen MR) is 135 cm³/mol. The fourth-order valence-electron chi connectivity index (χ4n) is 4.01. The standard InChI is InChI=1S/2C13H15.2CH3.2ClH.Si.Zr/c2*1-4-11-5-9(2)6-12-7-10(3)8-13(11)12;;;;;;/h2*5-8H,4H2,1-3H3;2*1H3;2*1H;;/q4*-1;;;;+2/p-2. The van der Waals surface area contributed by atoms with Gasteiger partial charge in [0.1, 0.15) is 0 Å². The average molecular weight is 563 g/mol. The Morgan fingerprint density at radius 3 is 1.22 bits per heavy atom. The number of benzene rings is 2. The van der Waals surface area contributed by atoms with Gasteiger partial charge in [-0.3, -0.25) is 0 Å². The third-order valence-electron chi connectivity index (χ3n) is 5.16. The molecule has 0 atom stereocenters. The summed E-state index contributed by atoms with van der Waals surface area (Å²) in [6, 6.07) is 18.2. The molecule has 0 N–H and O–H groups in total. The minimum absolute atomic E-state index is 0. The summed E-state index contributed by atoms with van der Waals surface area (Å²) < 4.78 is 0. The van der Waals surface area contributed by atoms with E-state index in [9.17, 15) is 0 Å². The summed E-state index contributed by atoms with van der Waals surface area (Å²) in [4.78, 5) is 0. The first-order chi connectivity index (χ1) is 13.4. The Morgan fingerprint density at radius 2 is 0.938 bits per heavy atom. The molecular weight excluding hydrogens is 527 g/mol. The maximum absolute atomic E-state index is 3.06. The fourth-order valence-corrected chi connectivity index (χ4v) is 4.01. The van der Waals surface area contributed by atoms with E-state index in [2.05, 4.69) is 97.0 Å². The van der Waals surface area contributed by atoms with E-state index in [4.69, 9.17) is 0 Å². The van der Waals surface area contributed by atoms with Crippen LogP contribution in [0.5, 0.6) is 0 Å². The van der Waals surface area contributed by atoms with Crippen molar-refractivity contribution in [2.75, 3.05) is 0 Å². The zero-order chi connectivity index (χ0) is 20.8. The van der Waals surface area contributed by atoms with E-state index in [0.717, 1.165) is 12.8 Å². The van der Waals surface area contributed by atoms with Crippen molar-refractivity contribution in [3.63, 3.8) is 0 Å². The van der Waals surface area contributed by atoms with Crippen LogP contribution in [0, 0.1) is 42.5 Å². The average Bonchev–Trinajstić information content (AvgIpc) is 3.23. The Kier molecular flexibility index (Phi) is 18.9. The van der Waals surface area contributed by atoms with E-state index >= 15 is 0 Å². The first-order valence-corrected chi connectivity index (χ1v) is 14.2. The van der Waals surface area contributed by atoms with E-state index in [1.165, 1.54) is 78.3 Å². The Balaban J connectivity index is -0.000000437. The number of rotatable bonds is 2. The predicted octanol–water partition coefficient (Wildman–Crippen LogP) is 2.00. The molecule has 0 bridgehead atoms. The van der Waals surface area contributed by atoms with Gasteiger partial charge in [0.25, 0.3) is 0 Å². The molecule has 0 saturated carbocycles. The van der Waals surface area contributed by atoms with Gasteiger partial charge in [-0.15, -0.1) is 56.9 Å². The van der Waals surface area contributed by atoms with E-state index in [1.807, 2.05) is 0 Å². The van der Waals surface area contributed by atoms with Crippen molar-refractivity contribution in [2.45, 2.75) is 54.4 Å². The Labute approximate surface area is 226 Å². The molecule has 2 radical (unpaired) electrons. The molecule has 32 heavy (non-hydrogen) atoms. The van der Waals surface area contributed by atoms with Crippen LogP contribution in [0.3, 0.4) is 0 Å². The van der Waals surface area contributed by atoms with Crippen molar-refractivity contribution in [2.24, 2.45) is 0 Å². The van der Waals surface area contributed by atoms with Gasteiger partial charge in [-0.05, 0) is 26.7 Å². The molecule has 4 rings (SSSR count). The molecule has 0 unspecified atom stereocenters. The summed E-state index contributed by atoms with van der Waals surface area (Å²) in [5.41, 5.74) is 8.43. The molecule has 0 aliphatic carbocycles. The zero-order valence-electron chi connectivity index (χ0n) is 20.8. The van der Waals surface area contributed by atoms with Crippen LogP contribution < -0.4 is 24.8 Å². The third-order valence-corrected chi connectivity index (χ3v) is 5.16. The van der Waals surface area contributed by atoms with Gasteiger partial charge in [-0.2, -0.15) is 12.1 Å². The quantitative estimate of drug-likeness (QED) is 0.259. The Morgan fingerprint density at radius 1 is 0.625 bits per heavy atom. The Hall–Kier alpha value is -0.660. The van der Waals surface area contributed by atoms with Gasteiger partial charge < -0.3 is 39.7 Å². The molecule has 4 aromatic rings. The van der Waals surface area contributed by atoms with Crippen LogP contribution in [0.25, 0.3) is 21.5 Å². The maximum atomic E-state index is 3.06. The molecule has 0 fully saturated rings. The molecule has 0 aliphatic rings. The SMILES string of the molecule is CCc1cc(C)cc2[cH-]c(C)cc12.CCc1cc(C)cc2[cH-]c(C)cc12.[CH3-].[CH3-].[Cl-].[Cl-].[Si]=[Zr+2]. The monoisotopic (exact) mass is 560 g/mol. The third kappa shape index (κ3) is 8.94. The molecule has 4 aromatic carbocycles. The second-order valence-corrected chi connectivity index (χ2v) is 7.63. The molecule has 0 saturated heterocycles. The molecule has 0 heterocycles. The number of aryl methyl sites for hydroxylation is 6. The Bertz CT molecular complexity index is 990. The van der Waals surface area contributed by atoms with Crippen LogP contribution in [0.4, 0.5) is 0 Å². The normalized spacial score (nSPS) is 9.12. The molecule has 0 aliphatic heterocycles. The number of halogens is 2. The summed E-state index contributed by atoms with van der Waals surface area (Å²) in [5, 5.41) is 5.67. The number of hydrogen-bond acceptors (Lipinski definition) is 0. The number of hydrogen-bond donors (Lipinski definition) is 0. The summed E-state index contributed by atoms with van der Waals surface area (Å²) in [6.07, 6.45) is 2.25. The van der Waals surface area contributed by atoms with Gasteiger partial charge in [0.2, 0.25) is 0 Å². The molecule has 4 heteroatoms. The van der Waals surface area contributed by atoms with Crippen LogP contribution >= 0.6 is 0 Å². The second kappa shape index (κ2) is 16.9. The van der Waals surface area contributed by atoms with E-state index < -0.39 is 0 Å². The van der Waals surface area contributed by atoms with Crippen molar-refractivity contribution < 1.29 is 48.1 Å². The van der Waals surface area contributed by atoms with Gasteiger partial charge in [0.05, 0.1) is 0 Å². The molecule has 0 aromatic heterocycles. The fraction of sp³-hybridized carbons (Fsp3) is 0.286. The van der Waals surface area contributed by atoms with Gasteiger partial charge in [0.15, 0.2) is 0 Å². The summed E-state index contributed by atoms with van der Waals surface area (Å²) in [5.74, 6) is 0. The molecule has 0 spiro atoms. The molecule has 0 nitrogen and oxygen atoms in total. The first kappa shape index (κ1) is 35.9. The van der Waals surface area contributed by atoms with Crippen molar-refractivity contribution in [1.82, 2.24) is 0 Å².